The molecular formula is C24H25Cl2NO2. The molecule has 3 aromatic carbocycles. The summed E-state index contributed by atoms with van der Waals surface area (Å²) >= 11 is 5.89. The van der Waals surface area contributed by atoms with Crippen LogP contribution in [-0.4, -0.2) is 23.5 Å². The van der Waals surface area contributed by atoms with Crippen molar-refractivity contribution in [1.29, 1.82) is 0 Å². The molecule has 5 heteroatoms. The molecule has 152 valence electrons. The first-order valence-electron chi connectivity index (χ1n) is 9.37. The van der Waals surface area contributed by atoms with Crippen molar-refractivity contribution in [2.45, 2.75) is 26.1 Å². The van der Waals surface area contributed by atoms with Crippen molar-refractivity contribution in [2.75, 3.05) is 6.54 Å². The van der Waals surface area contributed by atoms with E-state index in [9.17, 15) is 4.79 Å². The van der Waals surface area contributed by atoms with Gasteiger partial charge in [0.2, 0.25) is 0 Å². The molecule has 29 heavy (non-hydrogen) atoms. The minimum atomic E-state index is -0.330. The molecule has 0 N–H and O–H groups in total. The lowest BCUT2D eigenvalue weighted by molar-refractivity contribution is 0.0237. The van der Waals surface area contributed by atoms with Crippen molar-refractivity contribution >= 4 is 30.0 Å². The van der Waals surface area contributed by atoms with Crippen LogP contribution >= 0.6 is 24.0 Å². The van der Waals surface area contributed by atoms with Crippen molar-refractivity contribution in [3.8, 4) is 0 Å². The lowest BCUT2D eigenvalue weighted by atomic mass is 10.1. The molecule has 3 rings (SSSR count). The molecule has 0 heterocycles. The van der Waals surface area contributed by atoms with E-state index in [0.29, 0.717) is 17.1 Å². The van der Waals surface area contributed by atoms with Crippen LogP contribution in [-0.2, 0) is 17.8 Å². The van der Waals surface area contributed by atoms with Gasteiger partial charge in [-0.2, -0.15) is 0 Å². The third-order valence-corrected chi connectivity index (χ3v) is 4.65. The van der Waals surface area contributed by atoms with Crippen LogP contribution in [0.2, 0.25) is 5.02 Å². The summed E-state index contributed by atoms with van der Waals surface area (Å²) in [5.41, 5.74) is 2.97. The topological polar surface area (TPSA) is 29.5 Å². The van der Waals surface area contributed by atoms with Crippen molar-refractivity contribution in [2.24, 2.45) is 0 Å². The Kier molecular flexibility index (Phi) is 9.20. The van der Waals surface area contributed by atoms with Gasteiger partial charge in [-0.3, -0.25) is 4.90 Å². The van der Waals surface area contributed by atoms with Crippen LogP contribution in [0.4, 0.5) is 0 Å². The molecule has 1 unspecified atom stereocenters. The second-order valence-electron chi connectivity index (χ2n) is 6.86. The van der Waals surface area contributed by atoms with Crippen molar-refractivity contribution < 1.29 is 9.53 Å². The van der Waals surface area contributed by atoms with Gasteiger partial charge in [0.1, 0.15) is 6.10 Å². The quantitative estimate of drug-likeness (QED) is 0.410. The van der Waals surface area contributed by atoms with Crippen molar-refractivity contribution in [1.82, 2.24) is 4.90 Å². The summed E-state index contributed by atoms with van der Waals surface area (Å²) in [6.45, 7) is 4.15. The van der Waals surface area contributed by atoms with E-state index in [1.54, 1.807) is 24.3 Å². The van der Waals surface area contributed by atoms with Crippen LogP contribution in [0.5, 0.6) is 0 Å². The number of ether oxygens (including phenoxy) is 1. The Morgan fingerprint density at radius 3 is 1.83 bits per heavy atom. The zero-order valence-electron chi connectivity index (χ0n) is 16.3. The highest BCUT2D eigenvalue weighted by Crippen LogP contribution is 2.14. The predicted octanol–water partition coefficient (Wildman–Crippen LogP) is 6.01. The monoisotopic (exact) mass is 429 g/mol. The first-order chi connectivity index (χ1) is 13.6. The fourth-order valence-electron chi connectivity index (χ4n) is 3.11. The van der Waals surface area contributed by atoms with Gasteiger partial charge >= 0.3 is 5.97 Å². The molecule has 0 radical (unpaired) electrons. The zero-order chi connectivity index (χ0) is 19.8. The minimum absolute atomic E-state index is 0. The number of esters is 1. The fraction of sp³-hybridized carbons (Fsp3) is 0.208. The molecule has 0 aliphatic heterocycles. The fourth-order valence-corrected chi connectivity index (χ4v) is 3.23. The smallest absolute Gasteiger partial charge is 0.338 e. The lowest BCUT2D eigenvalue weighted by Gasteiger charge is -2.26. The number of benzene rings is 3. The zero-order valence-corrected chi connectivity index (χ0v) is 17.9. The first kappa shape index (κ1) is 23.0. The largest absolute Gasteiger partial charge is 0.458 e. The van der Waals surface area contributed by atoms with E-state index >= 15 is 0 Å². The van der Waals surface area contributed by atoms with Gasteiger partial charge in [0.25, 0.3) is 0 Å². The average Bonchev–Trinajstić information content (AvgIpc) is 2.70. The number of nitrogens with zero attached hydrogens (tertiary/aromatic N) is 1. The van der Waals surface area contributed by atoms with Crippen LogP contribution in [0, 0.1) is 0 Å². The standard InChI is InChI=1S/C24H24ClNO2.ClH/c1-19(28-24(27)22-12-14-23(25)15-13-22)16-26(17-20-8-4-2-5-9-20)18-21-10-6-3-7-11-21;/h2-15,19H,16-18H2,1H3;1H. The first-order valence-corrected chi connectivity index (χ1v) is 9.75. The molecule has 0 spiro atoms. The SMILES string of the molecule is CC(CN(Cc1ccccc1)Cc1ccccc1)OC(=O)c1ccc(Cl)cc1.Cl. The summed E-state index contributed by atoms with van der Waals surface area (Å²) in [6, 6.07) is 27.4. The third kappa shape index (κ3) is 7.54. The van der Waals surface area contributed by atoms with Gasteiger partial charge in [-0.15, -0.1) is 12.4 Å². The Hall–Kier alpha value is -2.33. The molecule has 0 bridgehead atoms. The highest BCUT2D eigenvalue weighted by Gasteiger charge is 2.16. The number of carbonyl (C=O) groups is 1. The summed E-state index contributed by atoms with van der Waals surface area (Å²) in [5.74, 6) is -0.330. The molecule has 3 nitrogen and oxygen atoms in total. The Labute approximate surface area is 183 Å². The van der Waals surface area contributed by atoms with E-state index in [1.807, 2.05) is 43.3 Å². The molecule has 0 aliphatic rings. The summed E-state index contributed by atoms with van der Waals surface area (Å²) in [4.78, 5) is 14.7. The highest BCUT2D eigenvalue weighted by atomic mass is 35.5. The van der Waals surface area contributed by atoms with Crippen LogP contribution < -0.4 is 0 Å². The van der Waals surface area contributed by atoms with E-state index in [4.69, 9.17) is 16.3 Å². The maximum atomic E-state index is 12.4. The third-order valence-electron chi connectivity index (χ3n) is 4.40. The molecule has 0 fully saturated rings. The number of hydrogen-bond acceptors (Lipinski definition) is 3. The van der Waals surface area contributed by atoms with Gasteiger partial charge in [0.15, 0.2) is 0 Å². The van der Waals surface area contributed by atoms with Crippen LogP contribution in [0.1, 0.15) is 28.4 Å². The Morgan fingerprint density at radius 2 is 1.34 bits per heavy atom. The number of rotatable bonds is 8. The number of hydrogen-bond donors (Lipinski definition) is 0. The van der Waals surface area contributed by atoms with E-state index in [-0.39, 0.29) is 24.5 Å². The van der Waals surface area contributed by atoms with Crippen molar-refractivity contribution in [3.05, 3.63) is 107 Å². The highest BCUT2D eigenvalue weighted by molar-refractivity contribution is 6.30. The van der Waals surface area contributed by atoms with Gasteiger partial charge < -0.3 is 4.74 Å². The molecule has 0 saturated carbocycles. The van der Waals surface area contributed by atoms with Gasteiger partial charge in [0, 0.05) is 24.7 Å². The molecule has 1 atom stereocenters. The number of halogens is 2. The Balaban J connectivity index is 0.00000300. The van der Waals surface area contributed by atoms with Crippen LogP contribution in [0.25, 0.3) is 0 Å². The normalized spacial score (nSPS) is 11.6. The van der Waals surface area contributed by atoms with Gasteiger partial charge in [-0.05, 0) is 42.3 Å². The molecule has 0 saturated heterocycles. The van der Waals surface area contributed by atoms with E-state index in [0.717, 1.165) is 13.1 Å². The van der Waals surface area contributed by atoms with Gasteiger partial charge in [-0.25, -0.2) is 4.79 Å². The van der Waals surface area contributed by atoms with Crippen molar-refractivity contribution in [3.63, 3.8) is 0 Å². The van der Waals surface area contributed by atoms with E-state index < -0.39 is 0 Å². The summed E-state index contributed by atoms with van der Waals surface area (Å²) in [5, 5.41) is 0.599. The second-order valence-corrected chi connectivity index (χ2v) is 7.30. The molecule has 0 aliphatic carbocycles. The molecule has 0 aromatic heterocycles. The summed E-state index contributed by atoms with van der Waals surface area (Å²) in [6.07, 6.45) is -0.240. The molecule has 3 aromatic rings. The second kappa shape index (κ2) is 11.6. The Bertz CT molecular complexity index is 829. The number of carbonyl (C=O) groups excluding carboxylic acids is 1. The predicted molar refractivity (Wildman–Crippen MR) is 121 cm³/mol. The lowest BCUT2D eigenvalue weighted by Crippen LogP contribution is -2.33. The van der Waals surface area contributed by atoms with Gasteiger partial charge in [-0.1, -0.05) is 72.3 Å². The van der Waals surface area contributed by atoms with E-state index in [1.165, 1.54) is 11.1 Å². The molecule has 0 amide bonds. The molecular weight excluding hydrogens is 405 g/mol. The van der Waals surface area contributed by atoms with Crippen LogP contribution in [0.15, 0.2) is 84.9 Å². The van der Waals surface area contributed by atoms with E-state index in [2.05, 4.69) is 29.2 Å². The van der Waals surface area contributed by atoms with Gasteiger partial charge in [0.05, 0.1) is 5.56 Å². The maximum Gasteiger partial charge on any atom is 0.338 e. The maximum absolute atomic E-state index is 12.4. The minimum Gasteiger partial charge on any atom is -0.458 e. The summed E-state index contributed by atoms with van der Waals surface area (Å²) < 4.78 is 5.66. The average molecular weight is 430 g/mol. The Morgan fingerprint density at radius 1 is 0.862 bits per heavy atom. The van der Waals surface area contributed by atoms with Crippen LogP contribution in [0.3, 0.4) is 0 Å². The summed E-state index contributed by atoms with van der Waals surface area (Å²) in [7, 11) is 0.